The highest BCUT2D eigenvalue weighted by Crippen LogP contribution is 2.22. The van der Waals surface area contributed by atoms with E-state index < -0.39 is 49.5 Å². The van der Waals surface area contributed by atoms with Gasteiger partial charge in [0.25, 0.3) is 0 Å². The molecule has 1 saturated heterocycles. The van der Waals surface area contributed by atoms with Gasteiger partial charge in [-0.25, -0.2) is 0 Å². The highest BCUT2D eigenvalue weighted by molar-refractivity contribution is 5.76. The van der Waals surface area contributed by atoms with Crippen molar-refractivity contribution in [2.45, 2.75) is 230 Å². The fourth-order valence-electron chi connectivity index (χ4n) is 6.76. The van der Waals surface area contributed by atoms with Gasteiger partial charge in [0.15, 0.2) is 6.29 Å². The Hall–Kier alpha value is -1.33. The first-order valence-electron chi connectivity index (χ1n) is 21.6. The fraction of sp³-hybridized carbons (Fsp3) is 0.884. The molecule has 6 N–H and O–H groups in total. The number of rotatable bonds is 35. The van der Waals surface area contributed by atoms with E-state index in [0.29, 0.717) is 6.42 Å². The number of unbranched alkanes of at least 4 members (excludes halogenated alkanes) is 23. The number of ether oxygens (including phenoxy) is 2. The summed E-state index contributed by atoms with van der Waals surface area (Å²) in [6.45, 7) is 3.72. The smallest absolute Gasteiger partial charge is 0.220 e. The summed E-state index contributed by atoms with van der Waals surface area (Å²) in [6, 6.07) is -0.814. The van der Waals surface area contributed by atoms with Crippen LogP contribution in [0.1, 0.15) is 187 Å². The van der Waals surface area contributed by atoms with Crippen LogP contribution >= 0.6 is 0 Å². The van der Waals surface area contributed by atoms with Crippen molar-refractivity contribution in [3.05, 3.63) is 24.3 Å². The maximum absolute atomic E-state index is 12.8. The minimum absolute atomic E-state index is 0.191. The molecule has 0 aromatic carbocycles. The lowest BCUT2D eigenvalue weighted by molar-refractivity contribution is -0.302. The minimum atomic E-state index is -1.57. The summed E-state index contributed by atoms with van der Waals surface area (Å²) in [7, 11) is 0. The first-order valence-corrected chi connectivity index (χ1v) is 21.6. The van der Waals surface area contributed by atoms with Crippen LogP contribution in [0.5, 0.6) is 0 Å². The zero-order chi connectivity index (χ0) is 38.1. The molecule has 52 heavy (non-hydrogen) atoms. The Morgan fingerprint density at radius 3 is 1.62 bits per heavy atom. The molecule has 0 spiro atoms. The summed E-state index contributed by atoms with van der Waals surface area (Å²) in [6.07, 6.45) is 32.4. The molecule has 0 aromatic heterocycles. The van der Waals surface area contributed by atoms with Crippen LogP contribution in [0.2, 0.25) is 0 Å². The fourth-order valence-corrected chi connectivity index (χ4v) is 6.76. The number of aliphatic hydroxyl groups is 5. The van der Waals surface area contributed by atoms with E-state index in [4.69, 9.17) is 9.47 Å². The Kier molecular flexibility index (Phi) is 32.0. The third-order valence-corrected chi connectivity index (χ3v) is 10.3. The second-order valence-corrected chi connectivity index (χ2v) is 15.1. The Balaban J connectivity index is 2.37. The lowest BCUT2D eigenvalue weighted by Gasteiger charge is -2.40. The quantitative estimate of drug-likeness (QED) is 0.0281. The standard InChI is InChI=1S/C43H81NO8/c1-3-5-7-9-11-13-14-15-16-17-18-19-20-21-22-23-25-26-28-30-32-37(46)36(35-51-43-42(50)41(49)40(48)38(34-45)52-43)44-39(47)33-31-29-27-24-12-10-8-6-4-2/h23,25,30,32,36-38,40-43,45-46,48-50H,3-22,24,26-29,31,33-35H2,1-2H3,(H,44,47)/b25-23+,32-30+. The van der Waals surface area contributed by atoms with Crippen molar-refractivity contribution in [3.8, 4) is 0 Å². The van der Waals surface area contributed by atoms with Gasteiger partial charge in [0.1, 0.15) is 24.4 Å². The molecule has 1 amide bonds. The summed E-state index contributed by atoms with van der Waals surface area (Å²) < 4.78 is 11.2. The van der Waals surface area contributed by atoms with E-state index in [1.165, 1.54) is 128 Å². The Morgan fingerprint density at radius 1 is 0.635 bits per heavy atom. The number of carbonyl (C=O) groups excluding carboxylic acids is 1. The van der Waals surface area contributed by atoms with Crippen molar-refractivity contribution < 1.29 is 39.8 Å². The SMILES string of the molecule is CCCCCCCCCCCCCCCC/C=C/CC/C=C/C(O)C(COC1OC(CO)C(O)C(O)C1O)NC(=O)CCCCCCCCCCC. The molecule has 1 heterocycles. The predicted octanol–water partition coefficient (Wildman–Crippen LogP) is 8.33. The van der Waals surface area contributed by atoms with Gasteiger partial charge < -0.3 is 40.3 Å². The maximum Gasteiger partial charge on any atom is 0.220 e. The van der Waals surface area contributed by atoms with Crippen LogP contribution in [-0.2, 0) is 14.3 Å². The van der Waals surface area contributed by atoms with Gasteiger partial charge >= 0.3 is 0 Å². The van der Waals surface area contributed by atoms with Gasteiger partial charge in [0, 0.05) is 6.42 Å². The van der Waals surface area contributed by atoms with E-state index in [0.717, 1.165) is 38.5 Å². The van der Waals surface area contributed by atoms with E-state index in [1.54, 1.807) is 6.08 Å². The van der Waals surface area contributed by atoms with Crippen molar-refractivity contribution in [3.63, 3.8) is 0 Å². The van der Waals surface area contributed by atoms with Crippen LogP contribution in [0.3, 0.4) is 0 Å². The molecule has 9 heteroatoms. The van der Waals surface area contributed by atoms with Crippen LogP contribution < -0.4 is 5.32 Å². The summed E-state index contributed by atoms with van der Waals surface area (Å²) >= 11 is 0. The minimum Gasteiger partial charge on any atom is -0.394 e. The number of hydrogen-bond donors (Lipinski definition) is 6. The molecule has 0 bridgehead atoms. The van der Waals surface area contributed by atoms with Crippen molar-refractivity contribution in [1.82, 2.24) is 5.32 Å². The van der Waals surface area contributed by atoms with Gasteiger partial charge in [0.2, 0.25) is 5.91 Å². The summed E-state index contributed by atoms with van der Waals surface area (Å²) in [5.41, 5.74) is 0. The van der Waals surface area contributed by atoms with Crippen molar-refractivity contribution >= 4 is 5.91 Å². The lowest BCUT2D eigenvalue weighted by atomic mass is 9.99. The van der Waals surface area contributed by atoms with Crippen molar-refractivity contribution in [2.24, 2.45) is 0 Å². The topological polar surface area (TPSA) is 149 Å². The molecule has 1 aliphatic heterocycles. The van der Waals surface area contributed by atoms with Gasteiger partial charge in [-0.2, -0.15) is 0 Å². The molecule has 1 aliphatic rings. The van der Waals surface area contributed by atoms with E-state index in [-0.39, 0.29) is 12.5 Å². The maximum atomic E-state index is 12.8. The molecule has 0 aliphatic carbocycles. The molecule has 9 nitrogen and oxygen atoms in total. The third-order valence-electron chi connectivity index (χ3n) is 10.3. The monoisotopic (exact) mass is 740 g/mol. The van der Waals surface area contributed by atoms with Crippen LogP contribution in [0.25, 0.3) is 0 Å². The molecule has 0 aromatic rings. The number of hydrogen-bond acceptors (Lipinski definition) is 8. The van der Waals surface area contributed by atoms with Gasteiger partial charge in [-0.05, 0) is 32.1 Å². The number of allylic oxidation sites excluding steroid dienone is 3. The highest BCUT2D eigenvalue weighted by Gasteiger charge is 2.44. The predicted molar refractivity (Wildman–Crippen MR) is 212 cm³/mol. The Bertz CT molecular complexity index is 868. The third kappa shape index (κ3) is 24.9. The van der Waals surface area contributed by atoms with Crippen LogP contribution in [0.15, 0.2) is 24.3 Å². The van der Waals surface area contributed by atoms with Crippen molar-refractivity contribution in [2.75, 3.05) is 13.2 Å². The first-order chi connectivity index (χ1) is 25.3. The zero-order valence-electron chi connectivity index (χ0n) is 33.3. The number of carbonyl (C=O) groups is 1. The second-order valence-electron chi connectivity index (χ2n) is 15.1. The van der Waals surface area contributed by atoms with Crippen LogP contribution in [0, 0.1) is 0 Å². The van der Waals surface area contributed by atoms with Gasteiger partial charge in [0.05, 0.1) is 25.4 Å². The average molecular weight is 740 g/mol. The normalized spacial score (nSPS) is 22.0. The molecule has 7 unspecified atom stereocenters. The van der Waals surface area contributed by atoms with E-state index in [2.05, 4.69) is 31.3 Å². The molecule has 306 valence electrons. The summed E-state index contributed by atoms with van der Waals surface area (Å²) in [4.78, 5) is 12.8. The Labute approximate surface area is 318 Å². The molecule has 7 atom stereocenters. The molecule has 0 radical (unpaired) electrons. The van der Waals surface area contributed by atoms with Crippen molar-refractivity contribution in [1.29, 1.82) is 0 Å². The molecular weight excluding hydrogens is 658 g/mol. The van der Waals surface area contributed by atoms with Crippen LogP contribution in [0.4, 0.5) is 0 Å². The van der Waals surface area contributed by atoms with Gasteiger partial charge in [-0.3, -0.25) is 4.79 Å². The van der Waals surface area contributed by atoms with E-state index in [9.17, 15) is 30.3 Å². The largest absolute Gasteiger partial charge is 0.394 e. The second kappa shape index (κ2) is 34.2. The molecule has 0 saturated carbocycles. The van der Waals surface area contributed by atoms with E-state index in [1.807, 2.05) is 6.08 Å². The van der Waals surface area contributed by atoms with Gasteiger partial charge in [-0.1, -0.05) is 173 Å². The van der Waals surface area contributed by atoms with Gasteiger partial charge in [-0.15, -0.1) is 0 Å². The summed E-state index contributed by atoms with van der Waals surface area (Å²) in [5, 5.41) is 53.9. The molecule has 1 rings (SSSR count). The lowest BCUT2D eigenvalue weighted by Crippen LogP contribution is -2.60. The number of aliphatic hydroxyl groups excluding tert-OH is 5. The average Bonchev–Trinajstić information content (AvgIpc) is 3.14. The van der Waals surface area contributed by atoms with E-state index >= 15 is 0 Å². The number of amides is 1. The van der Waals surface area contributed by atoms with Crippen LogP contribution in [-0.4, -0.2) is 87.5 Å². The summed E-state index contributed by atoms with van der Waals surface area (Å²) in [5.74, 6) is -0.191. The number of nitrogens with one attached hydrogen (secondary N) is 1. The Morgan fingerprint density at radius 2 is 1.10 bits per heavy atom. The zero-order valence-corrected chi connectivity index (χ0v) is 33.3. The highest BCUT2D eigenvalue weighted by atomic mass is 16.7. The molecule has 1 fully saturated rings. The first kappa shape index (κ1) is 48.7. The molecular formula is C43H81NO8.